The predicted octanol–water partition coefficient (Wildman–Crippen LogP) is 2.27. The maximum absolute atomic E-state index is 12.1. The van der Waals surface area contributed by atoms with E-state index in [2.05, 4.69) is 0 Å². The number of ketones is 1. The molecule has 0 spiro atoms. The molecule has 3 nitrogen and oxygen atoms in total. The zero-order valence-electron chi connectivity index (χ0n) is 8.05. The fourth-order valence-electron chi connectivity index (χ4n) is 1.57. The van der Waals surface area contributed by atoms with Gasteiger partial charge in [0.05, 0.1) is 10.9 Å². The number of rotatable bonds is 1. The van der Waals surface area contributed by atoms with Crippen molar-refractivity contribution in [3.05, 3.63) is 21.9 Å². The molecule has 0 fully saturated rings. The van der Waals surface area contributed by atoms with E-state index in [4.69, 9.17) is 11.6 Å². The number of Topliss-reactive ketones (excluding diaryl/α,β-unsaturated/α-hetero) is 1. The largest absolute Gasteiger partial charge is 0.471 e. The summed E-state index contributed by atoms with van der Waals surface area (Å²) in [4.78, 5) is 22.7. The van der Waals surface area contributed by atoms with Crippen LogP contribution in [0.15, 0.2) is 11.4 Å². The third-order valence-electron chi connectivity index (χ3n) is 2.34. The van der Waals surface area contributed by atoms with E-state index in [9.17, 15) is 22.8 Å². The van der Waals surface area contributed by atoms with E-state index >= 15 is 0 Å². The molecular formula is C9H5ClF3NO2S. The highest BCUT2D eigenvalue weighted by molar-refractivity contribution is 7.12. The number of carbonyl (C=O) groups is 2. The predicted molar refractivity (Wildman–Crippen MR) is 55.2 cm³/mol. The normalized spacial score (nSPS) is 23.6. The average molecular weight is 284 g/mol. The van der Waals surface area contributed by atoms with Crippen LogP contribution in [0.5, 0.6) is 0 Å². The second-order valence-corrected chi connectivity index (χ2v) is 4.81. The molecule has 1 heterocycles. The number of fused-ring (bicyclic) bond motifs is 1. The van der Waals surface area contributed by atoms with Crippen LogP contribution in [-0.4, -0.2) is 23.2 Å². The van der Waals surface area contributed by atoms with Crippen molar-refractivity contribution in [2.45, 2.75) is 17.6 Å². The minimum Gasteiger partial charge on any atom is -0.339 e. The molecule has 8 heteroatoms. The van der Waals surface area contributed by atoms with Crippen molar-refractivity contribution in [1.29, 1.82) is 0 Å². The Balaban J connectivity index is 2.24. The van der Waals surface area contributed by atoms with Gasteiger partial charge >= 0.3 is 12.1 Å². The van der Waals surface area contributed by atoms with Crippen LogP contribution in [0.4, 0.5) is 13.2 Å². The minimum atomic E-state index is -4.99. The second kappa shape index (κ2) is 3.99. The van der Waals surface area contributed by atoms with Crippen LogP contribution in [0.25, 0.3) is 0 Å². The van der Waals surface area contributed by atoms with Gasteiger partial charge in [0.15, 0.2) is 5.78 Å². The molecule has 2 unspecified atom stereocenters. The summed E-state index contributed by atoms with van der Waals surface area (Å²) in [6.07, 6.45) is -4.99. The lowest BCUT2D eigenvalue weighted by molar-refractivity contribution is -0.174. The Bertz CT molecular complexity index is 485. The smallest absolute Gasteiger partial charge is 0.339 e. The Morgan fingerprint density at radius 1 is 1.47 bits per heavy atom. The molecule has 0 aliphatic heterocycles. The fraction of sp³-hybridized carbons (Fsp3) is 0.333. The van der Waals surface area contributed by atoms with Gasteiger partial charge in [-0.05, 0) is 17.0 Å². The van der Waals surface area contributed by atoms with E-state index in [1.165, 1.54) is 6.07 Å². The Hall–Kier alpha value is -1.08. The van der Waals surface area contributed by atoms with Gasteiger partial charge in [-0.1, -0.05) is 0 Å². The third-order valence-corrected chi connectivity index (χ3v) is 3.74. The lowest BCUT2D eigenvalue weighted by Gasteiger charge is -2.16. The monoisotopic (exact) mass is 283 g/mol. The number of halogens is 4. The van der Waals surface area contributed by atoms with Crippen LogP contribution in [0, 0.1) is 0 Å². The molecule has 17 heavy (non-hydrogen) atoms. The molecule has 0 radical (unpaired) electrons. The maximum Gasteiger partial charge on any atom is 0.471 e. The lowest BCUT2D eigenvalue weighted by atomic mass is 10.1. The number of amides is 1. The SMILES string of the molecule is O=C1c2sccc2C(NC(=O)C(F)(F)F)C1Cl. The van der Waals surface area contributed by atoms with Gasteiger partial charge in [0.25, 0.3) is 0 Å². The number of carbonyl (C=O) groups excluding carboxylic acids is 2. The van der Waals surface area contributed by atoms with E-state index in [1.54, 1.807) is 10.7 Å². The molecule has 2 rings (SSSR count). The van der Waals surface area contributed by atoms with E-state index in [-0.39, 0.29) is 0 Å². The molecule has 1 aromatic rings. The first kappa shape index (κ1) is 12.4. The Morgan fingerprint density at radius 2 is 2.12 bits per heavy atom. The summed E-state index contributed by atoms with van der Waals surface area (Å²) in [7, 11) is 0. The highest BCUT2D eigenvalue weighted by Crippen LogP contribution is 2.38. The van der Waals surface area contributed by atoms with Gasteiger partial charge in [0.2, 0.25) is 0 Å². The standard InChI is InChI=1S/C9H5ClF3NO2S/c10-4-5(14-8(16)9(11,12)13)3-1-2-17-7(3)6(4)15/h1-2,4-5H,(H,14,16). The number of hydrogen-bond donors (Lipinski definition) is 1. The maximum atomic E-state index is 12.1. The van der Waals surface area contributed by atoms with Crippen LogP contribution in [0.3, 0.4) is 0 Å². The molecule has 1 aromatic heterocycles. The van der Waals surface area contributed by atoms with Gasteiger partial charge in [-0.3, -0.25) is 9.59 Å². The van der Waals surface area contributed by atoms with Gasteiger partial charge < -0.3 is 5.32 Å². The van der Waals surface area contributed by atoms with E-state index in [0.29, 0.717) is 10.4 Å². The van der Waals surface area contributed by atoms with Gasteiger partial charge in [-0.25, -0.2) is 0 Å². The molecule has 0 bridgehead atoms. The molecule has 2 atom stereocenters. The zero-order chi connectivity index (χ0) is 12.8. The summed E-state index contributed by atoms with van der Waals surface area (Å²) in [6, 6.07) is 0.376. The lowest BCUT2D eigenvalue weighted by Crippen LogP contribution is -2.41. The van der Waals surface area contributed by atoms with Crippen LogP contribution >= 0.6 is 22.9 Å². The molecule has 0 aromatic carbocycles. The van der Waals surface area contributed by atoms with Gasteiger partial charge in [0.1, 0.15) is 5.38 Å². The van der Waals surface area contributed by atoms with E-state index in [1.807, 2.05) is 0 Å². The van der Waals surface area contributed by atoms with Crippen LogP contribution in [-0.2, 0) is 4.79 Å². The summed E-state index contributed by atoms with van der Waals surface area (Å²) < 4.78 is 36.3. The van der Waals surface area contributed by atoms with Gasteiger partial charge in [-0.15, -0.1) is 22.9 Å². The first-order valence-corrected chi connectivity index (χ1v) is 5.77. The molecule has 0 saturated carbocycles. The van der Waals surface area contributed by atoms with Gasteiger partial charge in [-0.2, -0.15) is 13.2 Å². The summed E-state index contributed by atoms with van der Waals surface area (Å²) in [5.74, 6) is -2.55. The number of hydrogen-bond acceptors (Lipinski definition) is 3. The number of nitrogens with one attached hydrogen (secondary N) is 1. The van der Waals surface area contributed by atoms with E-state index < -0.39 is 29.3 Å². The zero-order valence-corrected chi connectivity index (χ0v) is 9.62. The highest BCUT2D eigenvalue weighted by atomic mass is 35.5. The molecule has 1 N–H and O–H groups in total. The number of thiophene rings is 1. The average Bonchev–Trinajstić information content (AvgIpc) is 2.76. The molecule has 92 valence electrons. The van der Waals surface area contributed by atoms with Crippen molar-refractivity contribution in [1.82, 2.24) is 5.32 Å². The van der Waals surface area contributed by atoms with Gasteiger partial charge in [0, 0.05) is 0 Å². The Labute approximate surface area is 103 Å². The molecular weight excluding hydrogens is 279 g/mol. The van der Waals surface area contributed by atoms with Crippen molar-refractivity contribution in [2.75, 3.05) is 0 Å². The molecule has 1 aliphatic rings. The van der Waals surface area contributed by atoms with Crippen LogP contribution < -0.4 is 5.32 Å². The summed E-state index contributed by atoms with van der Waals surface area (Å²) >= 11 is 6.80. The first-order chi connectivity index (χ1) is 7.82. The van der Waals surface area contributed by atoms with E-state index in [0.717, 1.165) is 11.3 Å². The third kappa shape index (κ3) is 2.04. The minimum absolute atomic E-state index is 0.303. The fourth-order valence-corrected chi connectivity index (χ4v) is 2.87. The van der Waals surface area contributed by atoms with Crippen molar-refractivity contribution in [3.8, 4) is 0 Å². The second-order valence-electron chi connectivity index (χ2n) is 3.42. The Kier molecular flexibility index (Phi) is 2.90. The van der Waals surface area contributed by atoms with Crippen molar-refractivity contribution in [2.24, 2.45) is 0 Å². The Morgan fingerprint density at radius 3 is 2.71 bits per heavy atom. The van der Waals surface area contributed by atoms with Crippen molar-refractivity contribution in [3.63, 3.8) is 0 Å². The van der Waals surface area contributed by atoms with Crippen molar-refractivity contribution >= 4 is 34.6 Å². The van der Waals surface area contributed by atoms with Crippen LogP contribution in [0.1, 0.15) is 21.3 Å². The summed E-state index contributed by atoms with van der Waals surface area (Å²) in [5, 5.41) is 2.12. The highest BCUT2D eigenvalue weighted by Gasteiger charge is 2.45. The van der Waals surface area contributed by atoms with Crippen LogP contribution in [0.2, 0.25) is 0 Å². The quantitative estimate of drug-likeness (QED) is 0.804. The molecule has 0 saturated heterocycles. The summed E-state index contributed by atoms with van der Waals surface area (Å²) in [6.45, 7) is 0. The molecule has 1 aliphatic carbocycles. The van der Waals surface area contributed by atoms with Crippen molar-refractivity contribution < 1.29 is 22.8 Å². The first-order valence-electron chi connectivity index (χ1n) is 4.45. The number of alkyl halides is 4. The topological polar surface area (TPSA) is 46.2 Å². The molecule has 1 amide bonds. The summed E-state index contributed by atoms with van der Waals surface area (Å²) in [5.41, 5.74) is 0.345.